The van der Waals surface area contributed by atoms with Crippen molar-refractivity contribution in [3.05, 3.63) is 64.0 Å². The third-order valence-electron chi connectivity index (χ3n) is 9.67. The van der Waals surface area contributed by atoms with Gasteiger partial charge in [0.1, 0.15) is 12.4 Å². The van der Waals surface area contributed by atoms with E-state index in [2.05, 4.69) is 35.4 Å². The van der Waals surface area contributed by atoms with Gasteiger partial charge < -0.3 is 24.0 Å². The van der Waals surface area contributed by atoms with E-state index in [9.17, 15) is 9.59 Å². The second kappa shape index (κ2) is 11.6. The molecule has 7 rings (SSSR count). The summed E-state index contributed by atoms with van der Waals surface area (Å²) in [4.78, 5) is 35.2. The van der Waals surface area contributed by atoms with Crippen LogP contribution in [0, 0.1) is 18.3 Å². The number of benzene rings is 2. The van der Waals surface area contributed by atoms with Gasteiger partial charge in [-0.2, -0.15) is 0 Å². The first-order valence-corrected chi connectivity index (χ1v) is 16.4. The lowest BCUT2D eigenvalue weighted by atomic mass is 9.94. The van der Waals surface area contributed by atoms with Crippen LogP contribution < -0.4 is 9.64 Å². The first kappa shape index (κ1) is 28.3. The van der Waals surface area contributed by atoms with Crippen molar-refractivity contribution in [1.29, 1.82) is 0 Å². The van der Waals surface area contributed by atoms with Crippen LogP contribution in [0.15, 0.2) is 41.8 Å². The van der Waals surface area contributed by atoms with E-state index >= 15 is 0 Å². The number of amides is 1. The van der Waals surface area contributed by atoms with E-state index in [1.54, 1.807) is 11.3 Å². The summed E-state index contributed by atoms with van der Waals surface area (Å²) >= 11 is 1.64. The molecule has 226 valence electrons. The Balaban J connectivity index is 1.03. The fourth-order valence-electron chi connectivity index (χ4n) is 7.08. The van der Waals surface area contributed by atoms with Crippen LogP contribution in [0.5, 0.6) is 5.75 Å². The van der Waals surface area contributed by atoms with Gasteiger partial charge in [0, 0.05) is 55.4 Å². The molecule has 8 nitrogen and oxygen atoms in total. The number of carbonyl (C=O) groups excluding carboxylic acids is 2. The third-order valence-corrected chi connectivity index (χ3v) is 10.6. The van der Waals surface area contributed by atoms with Gasteiger partial charge in [-0.05, 0) is 81.2 Å². The number of aryl methyl sites for hydroxylation is 1. The maximum Gasteiger partial charge on any atom is 0.312 e. The summed E-state index contributed by atoms with van der Waals surface area (Å²) in [5, 5.41) is 3.09. The number of anilines is 1. The quantitative estimate of drug-likeness (QED) is 0.309. The van der Waals surface area contributed by atoms with Gasteiger partial charge in [-0.25, -0.2) is 4.98 Å². The number of fused-ring (bicyclic) bond motifs is 2. The van der Waals surface area contributed by atoms with E-state index in [-0.39, 0.29) is 23.3 Å². The summed E-state index contributed by atoms with van der Waals surface area (Å²) in [5.74, 6) is 1.26. The molecule has 0 bridgehead atoms. The lowest BCUT2D eigenvalue weighted by Gasteiger charge is -2.37. The maximum absolute atomic E-state index is 13.3. The van der Waals surface area contributed by atoms with E-state index in [0.717, 1.165) is 109 Å². The number of hydrogen-bond acceptors (Lipinski definition) is 8. The summed E-state index contributed by atoms with van der Waals surface area (Å²) in [6.45, 7) is 8.70. The van der Waals surface area contributed by atoms with E-state index in [1.165, 1.54) is 0 Å². The number of carbonyl (C=O) groups is 2. The Morgan fingerprint density at radius 3 is 2.81 bits per heavy atom. The summed E-state index contributed by atoms with van der Waals surface area (Å²) in [6.07, 6.45) is 4.44. The van der Waals surface area contributed by atoms with Gasteiger partial charge in [-0.3, -0.25) is 9.59 Å². The molecule has 1 saturated carbocycles. The van der Waals surface area contributed by atoms with E-state index in [1.807, 2.05) is 30.0 Å². The number of nitrogens with zero attached hydrogens (tertiary/aromatic N) is 3. The number of ether oxygens (including phenoxy) is 3. The molecule has 3 aromatic rings. The number of thiazole rings is 1. The highest BCUT2D eigenvalue weighted by molar-refractivity contribution is 7.14. The number of aromatic nitrogens is 1. The molecule has 1 amide bonds. The van der Waals surface area contributed by atoms with Crippen LogP contribution in [0.2, 0.25) is 0 Å². The molecule has 2 saturated heterocycles. The lowest BCUT2D eigenvalue weighted by molar-refractivity contribution is -0.150. The Morgan fingerprint density at radius 2 is 2.00 bits per heavy atom. The Morgan fingerprint density at radius 1 is 1.14 bits per heavy atom. The first-order valence-electron chi connectivity index (χ1n) is 15.6. The topological polar surface area (TPSA) is 81.2 Å². The van der Waals surface area contributed by atoms with E-state index in [0.29, 0.717) is 19.1 Å². The largest absolute Gasteiger partial charge is 0.488 e. The Kier molecular flexibility index (Phi) is 7.63. The van der Waals surface area contributed by atoms with Crippen LogP contribution in [0.25, 0.3) is 11.3 Å². The smallest absolute Gasteiger partial charge is 0.312 e. The fraction of sp³-hybridized carbons (Fsp3) is 0.500. The molecule has 4 aliphatic rings. The minimum Gasteiger partial charge on any atom is -0.488 e. The number of rotatable bonds is 8. The van der Waals surface area contributed by atoms with Crippen LogP contribution >= 0.6 is 11.3 Å². The molecule has 0 N–H and O–H groups in total. The third kappa shape index (κ3) is 5.42. The number of hydrogen-bond donors (Lipinski definition) is 0. The van der Waals surface area contributed by atoms with Crippen molar-refractivity contribution in [2.24, 2.45) is 11.3 Å². The molecule has 2 aromatic carbocycles. The predicted octanol–water partition coefficient (Wildman–Crippen LogP) is 5.65. The van der Waals surface area contributed by atoms with Crippen molar-refractivity contribution in [2.75, 3.05) is 44.4 Å². The van der Waals surface area contributed by atoms with Gasteiger partial charge in [0.15, 0.2) is 5.13 Å². The van der Waals surface area contributed by atoms with Crippen molar-refractivity contribution < 1.29 is 23.8 Å². The van der Waals surface area contributed by atoms with Crippen LogP contribution in [0.1, 0.15) is 59.7 Å². The average molecular weight is 602 g/mol. The Bertz CT molecular complexity index is 1530. The monoisotopic (exact) mass is 601 g/mol. The molecule has 43 heavy (non-hydrogen) atoms. The molecule has 1 aromatic heterocycles. The Hall–Kier alpha value is -3.43. The average Bonchev–Trinajstić information content (AvgIpc) is 3.58. The molecule has 4 heterocycles. The van der Waals surface area contributed by atoms with Crippen LogP contribution in [0.3, 0.4) is 0 Å². The maximum atomic E-state index is 13.3. The van der Waals surface area contributed by atoms with Crippen molar-refractivity contribution in [3.63, 3.8) is 0 Å². The highest BCUT2D eigenvalue weighted by Gasteiger charge is 2.63. The highest BCUT2D eigenvalue weighted by atomic mass is 32.1. The summed E-state index contributed by atoms with van der Waals surface area (Å²) in [7, 11) is 0. The van der Waals surface area contributed by atoms with E-state index < -0.39 is 0 Å². The standard InChI is InChI=1S/C34H39N3O5S/c1-3-41-32(39)34-11-13-36(19-25(34)18-34)33-35-29(21-43-33)28-16-22(2)4-7-30(28)42-20-23-5-6-27-24(17-23)8-12-37(31(27)38)26-9-14-40-15-10-26/h4-7,16-17,21,25-26H,3,8-15,18-20H2,1-2H3/t25-,34+/m0/s1. The van der Waals surface area contributed by atoms with Gasteiger partial charge in [-0.15, -0.1) is 11.3 Å². The molecule has 0 spiro atoms. The Labute approximate surface area is 256 Å². The molecule has 1 aliphatic carbocycles. The highest BCUT2D eigenvalue weighted by Crippen LogP contribution is 2.59. The second-order valence-electron chi connectivity index (χ2n) is 12.4. The summed E-state index contributed by atoms with van der Waals surface area (Å²) < 4.78 is 17.3. The molecule has 3 aliphatic heterocycles. The summed E-state index contributed by atoms with van der Waals surface area (Å²) in [6, 6.07) is 12.6. The van der Waals surface area contributed by atoms with Gasteiger partial charge in [-0.1, -0.05) is 23.8 Å². The van der Waals surface area contributed by atoms with Crippen molar-refractivity contribution >= 4 is 28.3 Å². The predicted molar refractivity (Wildman–Crippen MR) is 166 cm³/mol. The number of piperidine rings is 1. The first-order chi connectivity index (χ1) is 20.9. The molecule has 0 unspecified atom stereocenters. The van der Waals surface area contributed by atoms with E-state index in [4.69, 9.17) is 19.2 Å². The SMILES string of the molecule is CCOC(=O)[C@@]12CCN(c3nc(-c4cc(C)ccc4OCc4ccc5c(c4)CCN(C4CCOCC4)C5=O)cs3)C[C@@H]1C2. The summed E-state index contributed by atoms with van der Waals surface area (Å²) in [5.41, 5.74) is 5.74. The zero-order valence-electron chi connectivity index (χ0n) is 25.0. The lowest BCUT2D eigenvalue weighted by Crippen LogP contribution is -2.47. The molecular weight excluding hydrogens is 562 g/mol. The van der Waals surface area contributed by atoms with Gasteiger partial charge in [0.05, 0.1) is 17.7 Å². The van der Waals surface area contributed by atoms with Crippen LogP contribution in [-0.2, 0) is 27.3 Å². The molecule has 9 heteroatoms. The van der Waals surface area contributed by atoms with Gasteiger partial charge >= 0.3 is 5.97 Å². The normalized spacial score (nSPS) is 23.5. The molecular formula is C34H39N3O5S. The van der Waals surface area contributed by atoms with Crippen molar-refractivity contribution in [2.45, 2.75) is 58.6 Å². The van der Waals surface area contributed by atoms with Crippen LogP contribution in [0.4, 0.5) is 5.13 Å². The zero-order chi connectivity index (χ0) is 29.6. The molecule has 3 fully saturated rings. The van der Waals surface area contributed by atoms with Gasteiger partial charge in [0.25, 0.3) is 5.91 Å². The number of esters is 1. The van der Waals surface area contributed by atoms with Crippen molar-refractivity contribution in [1.82, 2.24) is 9.88 Å². The molecule has 0 radical (unpaired) electrons. The van der Waals surface area contributed by atoms with Gasteiger partial charge in [0.2, 0.25) is 0 Å². The van der Waals surface area contributed by atoms with Crippen LogP contribution in [-0.4, -0.2) is 67.3 Å². The minimum atomic E-state index is -0.266. The fourth-order valence-corrected chi connectivity index (χ4v) is 7.94. The molecule has 2 atom stereocenters. The van der Waals surface area contributed by atoms with Crippen molar-refractivity contribution in [3.8, 4) is 17.0 Å². The minimum absolute atomic E-state index is 0.0245. The zero-order valence-corrected chi connectivity index (χ0v) is 25.8. The second-order valence-corrected chi connectivity index (χ2v) is 13.2.